The average Bonchev–Trinajstić information content (AvgIpc) is 2.65. The first-order valence-electron chi connectivity index (χ1n) is 5.56. The van der Waals surface area contributed by atoms with Crippen molar-refractivity contribution in [3.05, 3.63) is 0 Å². The molecule has 1 aliphatic rings. The fourth-order valence-electron chi connectivity index (χ4n) is 1.65. The summed E-state index contributed by atoms with van der Waals surface area (Å²) in [5.74, 6) is 0. The fourth-order valence-corrected chi connectivity index (χ4v) is 1.65. The molecule has 0 bridgehead atoms. The average molecular weight is 201 g/mol. The highest BCUT2D eigenvalue weighted by molar-refractivity contribution is 4.72. The fraction of sp³-hybridized carbons (Fsp3) is 1.00. The van der Waals surface area contributed by atoms with Gasteiger partial charge in [-0.1, -0.05) is 13.8 Å². The standard InChI is InChI=1S/C11H23NO2/c1-11(2,9-13)5-3-6-12-10-4-7-14-8-10/h10,12-13H,3-9H2,1-2H3. The highest BCUT2D eigenvalue weighted by Gasteiger charge is 2.17. The van der Waals surface area contributed by atoms with Gasteiger partial charge in [-0.25, -0.2) is 0 Å². The van der Waals surface area contributed by atoms with E-state index in [1.807, 2.05) is 0 Å². The number of nitrogens with one attached hydrogen (secondary N) is 1. The maximum Gasteiger partial charge on any atom is 0.0620 e. The third kappa shape index (κ3) is 4.40. The molecule has 0 saturated carbocycles. The third-order valence-corrected chi connectivity index (χ3v) is 2.82. The minimum absolute atomic E-state index is 0.0772. The van der Waals surface area contributed by atoms with E-state index < -0.39 is 0 Å². The Morgan fingerprint density at radius 1 is 1.50 bits per heavy atom. The summed E-state index contributed by atoms with van der Waals surface area (Å²) < 4.78 is 5.27. The molecule has 3 nitrogen and oxygen atoms in total. The molecule has 0 amide bonds. The molecule has 3 heteroatoms. The van der Waals surface area contributed by atoms with Crippen LogP contribution in [0.3, 0.4) is 0 Å². The molecule has 0 spiro atoms. The van der Waals surface area contributed by atoms with Crippen molar-refractivity contribution in [1.29, 1.82) is 0 Å². The Balaban J connectivity index is 1.98. The Morgan fingerprint density at radius 2 is 2.29 bits per heavy atom. The van der Waals surface area contributed by atoms with Gasteiger partial charge in [-0.3, -0.25) is 0 Å². The lowest BCUT2D eigenvalue weighted by Gasteiger charge is -2.21. The van der Waals surface area contributed by atoms with Gasteiger partial charge in [0.15, 0.2) is 0 Å². The predicted octanol–water partition coefficient (Wildman–Crippen LogP) is 1.16. The van der Waals surface area contributed by atoms with Gasteiger partial charge in [0, 0.05) is 19.3 Å². The minimum atomic E-state index is 0.0772. The molecule has 0 aromatic carbocycles. The zero-order valence-electron chi connectivity index (χ0n) is 9.38. The van der Waals surface area contributed by atoms with E-state index in [1.165, 1.54) is 0 Å². The molecular formula is C11H23NO2. The molecule has 14 heavy (non-hydrogen) atoms. The van der Waals surface area contributed by atoms with E-state index in [1.54, 1.807) is 0 Å². The molecule has 1 atom stereocenters. The monoisotopic (exact) mass is 201 g/mol. The predicted molar refractivity (Wildman–Crippen MR) is 57.3 cm³/mol. The molecule has 84 valence electrons. The van der Waals surface area contributed by atoms with E-state index in [9.17, 15) is 0 Å². The number of hydrogen-bond donors (Lipinski definition) is 2. The van der Waals surface area contributed by atoms with E-state index >= 15 is 0 Å². The SMILES string of the molecule is CC(C)(CO)CCCNC1CCOC1. The van der Waals surface area contributed by atoms with Crippen molar-refractivity contribution in [2.75, 3.05) is 26.4 Å². The van der Waals surface area contributed by atoms with Crippen LogP contribution in [0.5, 0.6) is 0 Å². The number of aliphatic hydroxyl groups is 1. The maximum absolute atomic E-state index is 9.06. The molecule has 0 radical (unpaired) electrons. The van der Waals surface area contributed by atoms with E-state index in [0.29, 0.717) is 6.04 Å². The van der Waals surface area contributed by atoms with Gasteiger partial charge in [-0.2, -0.15) is 0 Å². The van der Waals surface area contributed by atoms with Crippen molar-refractivity contribution in [2.45, 2.75) is 39.2 Å². The van der Waals surface area contributed by atoms with Crippen LogP contribution in [0.2, 0.25) is 0 Å². The minimum Gasteiger partial charge on any atom is -0.396 e. The van der Waals surface area contributed by atoms with Gasteiger partial charge >= 0.3 is 0 Å². The molecule has 2 N–H and O–H groups in total. The molecule has 1 unspecified atom stereocenters. The number of aliphatic hydroxyl groups excluding tert-OH is 1. The summed E-state index contributed by atoms with van der Waals surface area (Å²) in [6.07, 6.45) is 3.34. The summed E-state index contributed by atoms with van der Waals surface area (Å²) in [5, 5.41) is 12.5. The second-order valence-corrected chi connectivity index (χ2v) is 4.94. The summed E-state index contributed by atoms with van der Waals surface area (Å²) in [6, 6.07) is 0.562. The van der Waals surface area contributed by atoms with Crippen LogP contribution in [0.25, 0.3) is 0 Å². The lowest BCUT2D eigenvalue weighted by molar-refractivity contribution is 0.147. The Kier molecular flexibility index (Phi) is 4.85. The molecular weight excluding hydrogens is 178 g/mol. The summed E-state index contributed by atoms with van der Waals surface area (Å²) in [5.41, 5.74) is 0.0772. The molecule has 0 aliphatic carbocycles. The van der Waals surface area contributed by atoms with Crippen LogP contribution in [-0.4, -0.2) is 37.5 Å². The molecule has 1 fully saturated rings. The second-order valence-electron chi connectivity index (χ2n) is 4.94. The maximum atomic E-state index is 9.06. The van der Waals surface area contributed by atoms with Crippen LogP contribution in [-0.2, 0) is 4.74 Å². The van der Waals surface area contributed by atoms with E-state index in [0.717, 1.165) is 39.0 Å². The van der Waals surface area contributed by atoms with Gasteiger partial charge in [0.25, 0.3) is 0 Å². The summed E-state index contributed by atoms with van der Waals surface area (Å²) in [7, 11) is 0. The van der Waals surface area contributed by atoms with Crippen molar-refractivity contribution in [3.8, 4) is 0 Å². The van der Waals surface area contributed by atoms with Gasteiger partial charge in [0.05, 0.1) is 6.61 Å². The Labute approximate surface area is 86.8 Å². The number of rotatable bonds is 6. The Morgan fingerprint density at radius 3 is 2.86 bits per heavy atom. The molecule has 0 aromatic rings. The summed E-state index contributed by atoms with van der Waals surface area (Å²) >= 11 is 0. The van der Waals surface area contributed by atoms with E-state index in [2.05, 4.69) is 19.2 Å². The van der Waals surface area contributed by atoms with Gasteiger partial charge in [-0.05, 0) is 31.2 Å². The van der Waals surface area contributed by atoms with Crippen LogP contribution in [0, 0.1) is 5.41 Å². The zero-order valence-corrected chi connectivity index (χ0v) is 9.38. The lowest BCUT2D eigenvalue weighted by atomic mass is 9.89. The lowest BCUT2D eigenvalue weighted by Crippen LogP contribution is -2.31. The van der Waals surface area contributed by atoms with Gasteiger partial charge < -0.3 is 15.2 Å². The van der Waals surface area contributed by atoms with Crippen LogP contribution in [0.1, 0.15) is 33.1 Å². The largest absolute Gasteiger partial charge is 0.396 e. The third-order valence-electron chi connectivity index (χ3n) is 2.82. The first-order valence-corrected chi connectivity index (χ1v) is 5.56. The summed E-state index contributed by atoms with van der Waals surface area (Å²) in [6.45, 7) is 7.29. The van der Waals surface area contributed by atoms with E-state index in [-0.39, 0.29) is 12.0 Å². The number of ether oxygens (including phenoxy) is 1. The molecule has 1 rings (SSSR count). The Hall–Kier alpha value is -0.120. The highest BCUT2D eigenvalue weighted by Crippen LogP contribution is 2.20. The van der Waals surface area contributed by atoms with Crippen LogP contribution in [0.4, 0.5) is 0 Å². The van der Waals surface area contributed by atoms with Crippen LogP contribution < -0.4 is 5.32 Å². The number of hydrogen-bond acceptors (Lipinski definition) is 3. The molecule has 0 aromatic heterocycles. The van der Waals surface area contributed by atoms with Crippen LogP contribution in [0.15, 0.2) is 0 Å². The zero-order chi connectivity index (χ0) is 10.4. The van der Waals surface area contributed by atoms with E-state index in [4.69, 9.17) is 9.84 Å². The molecule has 1 aliphatic heterocycles. The van der Waals surface area contributed by atoms with Crippen molar-refractivity contribution in [1.82, 2.24) is 5.32 Å². The smallest absolute Gasteiger partial charge is 0.0620 e. The van der Waals surface area contributed by atoms with Crippen molar-refractivity contribution in [2.24, 2.45) is 5.41 Å². The normalized spacial score (nSPS) is 22.9. The van der Waals surface area contributed by atoms with Crippen molar-refractivity contribution >= 4 is 0 Å². The molecule has 1 saturated heterocycles. The topological polar surface area (TPSA) is 41.5 Å². The first-order chi connectivity index (χ1) is 6.64. The van der Waals surface area contributed by atoms with Gasteiger partial charge in [-0.15, -0.1) is 0 Å². The Bertz CT molecular complexity index is 153. The highest BCUT2D eigenvalue weighted by atomic mass is 16.5. The second kappa shape index (κ2) is 5.69. The quantitative estimate of drug-likeness (QED) is 0.634. The van der Waals surface area contributed by atoms with Crippen molar-refractivity contribution in [3.63, 3.8) is 0 Å². The first kappa shape index (κ1) is 12.0. The van der Waals surface area contributed by atoms with Gasteiger partial charge in [0.2, 0.25) is 0 Å². The summed E-state index contributed by atoms with van der Waals surface area (Å²) in [4.78, 5) is 0. The van der Waals surface area contributed by atoms with Crippen LogP contribution >= 0.6 is 0 Å². The van der Waals surface area contributed by atoms with Crippen molar-refractivity contribution < 1.29 is 9.84 Å². The molecule has 1 heterocycles. The van der Waals surface area contributed by atoms with Gasteiger partial charge in [0.1, 0.15) is 0 Å².